The van der Waals surface area contributed by atoms with E-state index in [9.17, 15) is 18.0 Å². The molecular weight excluding hydrogens is 460 g/mol. The number of rotatable bonds is 6. The number of amides is 2. The van der Waals surface area contributed by atoms with Crippen molar-refractivity contribution in [1.29, 1.82) is 0 Å². The lowest BCUT2D eigenvalue weighted by atomic mass is 10.1. The van der Waals surface area contributed by atoms with Crippen LogP contribution in [0.3, 0.4) is 0 Å². The van der Waals surface area contributed by atoms with Gasteiger partial charge in [-0.1, -0.05) is 12.1 Å². The predicted molar refractivity (Wildman–Crippen MR) is 126 cm³/mol. The van der Waals surface area contributed by atoms with E-state index in [2.05, 4.69) is 15.0 Å². The second kappa shape index (κ2) is 8.87. The first-order valence-electron chi connectivity index (χ1n) is 9.92. The number of anilines is 2. The van der Waals surface area contributed by atoms with E-state index in [1.165, 1.54) is 44.6 Å². The molecule has 0 spiro atoms. The molecule has 0 aromatic heterocycles. The Morgan fingerprint density at radius 2 is 1.59 bits per heavy atom. The van der Waals surface area contributed by atoms with Gasteiger partial charge in [0.05, 0.1) is 25.5 Å². The number of nitrogens with two attached hydrogens (primary N) is 1. The van der Waals surface area contributed by atoms with E-state index in [0.717, 1.165) is 0 Å². The van der Waals surface area contributed by atoms with Crippen LogP contribution in [-0.2, 0) is 10.0 Å². The molecule has 0 saturated heterocycles. The lowest BCUT2D eigenvalue weighted by Gasteiger charge is -2.14. The van der Waals surface area contributed by atoms with Crippen molar-refractivity contribution in [2.45, 2.75) is 4.90 Å². The zero-order valence-electron chi connectivity index (χ0n) is 18.2. The number of sulfonamides is 1. The Bertz CT molecular complexity index is 1430. The van der Waals surface area contributed by atoms with Crippen LogP contribution in [0.2, 0.25) is 0 Å². The summed E-state index contributed by atoms with van der Waals surface area (Å²) in [6.45, 7) is 0. The molecule has 1 aliphatic rings. The molecule has 4 N–H and O–H groups in total. The molecule has 11 heteroatoms. The fraction of sp³-hybridized carbons (Fsp3) is 0.0870. The Kier molecular flexibility index (Phi) is 5.95. The van der Waals surface area contributed by atoms with Gasteiger partial charge in [0.15, 0.2) is 17.3 Å². The highest BCUT2D eigenvalue weighted by molar-refractivity contribution is 7.90. The number of hydrogen-bond donors (Lipinski definition) is 3. The van der Waals surface area contributed by atoms with Crippen LogP contribution in [-0.4, -0.2) is 40.3 Å². The van der Waals surface area contributed by atoms with Crippen molar-refractivity contribution in [1.82, 2.24) is 0 Å². The summed E-state index contributed by atoms with van der Waals surface area (Å²) in [7, 11) is -0.902. The lowest BCUT2D eigenvalue weighted by Crippen LogP contribution is -2.19. The number of fused-ring (bicyclic) bond motifs is 1. The van der Waals surface area contributed by atoms with Gasteiger partial charge in [-0.25, -0.2) is 0 Å². The van der Waals surface area contributed by atoms with Gasteiger partial charge in [0.25, 0.3) is 21.8 Å². The molecule has 4 rings (SSSR count). The van der Waals surface area contributed by atoms with Crippen molar-refractivity contribution < 1.29 is 27.5 Å². The van der Waals surface area contributed by atoms with Gasteiger partial charge in [-0.05, 0) is 42.5 Å². The summed E-state index contributed by atoms with van der Waals surface area (Å²) >= 11 is 0. The van der Waals surface area contributed by atoms with E-state index in [-0.39, 0.29) is 27.5 Å². The topological polar surface area (TPSA) is 149 Å². The van der Waals surface area contributed by atoms with Crippen LogP contribution in [0.15, 0.2) is 70.0 Å². The van der Waals surface area contributed by atoms with Crippen molar-refractivity contribution in [3.63, 3.8) is 0 Å². The monoisotopic (exact) mass is 480 g/mol. The molecule has 10 nitrogen and oxygen atoms in total. The number of carbonyl (C=O) groups excluding carboxylic acids is 2. The summed E-state index contributed by atoms with van der Waals surface area (Å²) in [6.07, 6.45) is 0. The minimum absolute atomic E-state index is 0.0587. The zero-order chi connectivity index (χ0) is 24.5. The minimum Gasteiger partial charge on any atom is -0.493 e. The van der Waals surface area contributed by atoms with Gasteiger partial charge >= 0.3 is 0 Å². The third kappa shape index (κ3) is 4.28. The summed E-state index contributed by atoms with van der Waals surface area (Å²) in [4.78, 5) is 24.8. The first-order valence-corrected chi connectivity index (χ1v) is 11.4. The molecule has 0 radical (unpaired) electrons. The van der Waals surface area contributed by atoms with Crippen LogP contribution >= 0.6 is 0 Å². The molecule has 0 fully saturated rings. The van der Waals surface area contributed by atoms with Crippen molar-refractivity contribution in [2.24, 2.45) is 10.1 Å². The predicted octanol–water partition coefficient (Wildman–Crippen LogP) is 2.62. The zero-order valence-corrected chi connectivity index (χ0v) is 19.0. The molecule has 2 amide bonds. The number of hydrogen-bond acceptors (Lipinski definition) is 7. The Labute approximate surface area is 195 Å². The molecule has 1 heterocycles. The molecule has 1 aliphatic heterocycles. The van der Waals surface area contributed by atoms with E-state index in [4.69, 9.17) is 15.2 Å². The summed E-state index contributed by atoms with van der Waals surface area (Å²) in [6, 6.07) is 15.6. The summed E-state index contributed by atoms with van der Waals surface area (Å²) < 4.78 is 38.6. The standard InChI is InChI=1S/C23H20N4O6S/c1-32-18-11-16(21(24)28)17(12-19(18)33-2)26-23(29)13-7-9-14(10-8-13)25-22-15-5-3-4-6-20(15)34(30,31)27-22/h3-12H,1-2H3,(H2,24,28)(H,25,27)(H,26,29). The van der Waals surface area contributed by atoms with Gasteiger partial charge in [-0.3, -0.25) is 9.59 Å². The number of methoxy groups -OCH3 is 2. The fourth-order valence-electron chi connectivity index (χ4n) is 3.42. The Balaban J connectivity index is 1.55. The maximum atomic E-state index is 12.8. The summed E-state index contributed by atoms with van der Waals surface area (Å²) in [5, 5.41) is 5.62. The van der Waals surface area contributed by atoms with Gasteiger partial charge in [0, 0.05) is 22.9 Å². The average Bonchev–Trinajstić information content (AvgIpc) is 3.08. The molecule has 3 aromatic carbocycles. The Morgan fingerprint density at radius 3 is 2.24 bits per heavy atom. The average molecular weight is 481 g/mol. The number of benzene rings is 3. The normalized spacial score (nSPS) is 13.4. The van der Waals surface area contributed by atoms with Crippen molar-refractivity contribution in [3.05, 3.63) is 77.4 Å². The van der Waals surface area contributed by atoms with Crippen LogP contribution in [0.4, 0.5) is 11.4 Å². The van der Waals surface area contributed by atoms with Crippen molar-refractivity contribution >= 4 is 39.0 Å². The molecule has 0 unspecified atom stereocenters. The smallest absolute Gasteiger partial charge is 0.285 e. The third-order valence-corrected chi connectivity index (χ3v) is 6.41. The highest BCUT2D eigenvalue weighted by Gasteiger charge is 2.28. The van der Waals surface area contributed by atoms with E-state index >= 15 is 0 Å². The molecule has 3 aromatic rings. The number of nitrogens with zero attached hydrogens (tertiary/aromatic N) is 1. The second-order valence-corrected chi connectivity index (χ2v) is 8.76. The maximum Gasteiger partial charge on any atom is 0.285 e. The molecule has 0 saturated carbocycles. The van der Waals surface area contributed by atoms with Gasteiger partial charge in [-0.15, -0.1) is 4.40 Å². The molecule has 34 heavy (non-hydrogen) atoms. The number of nitrogens with one attached hydrogen (secondary N) is 2. The SMILES string of the molecule is COc1cc(NC(=O)c2ccc(NC3=NS(=O)(=O)c4ccccc43)cc2)c(C(N)=O)cc1OC. The third-order valence-electron chi connectivity index (χ3n) is 5.08. The lowest BCUT2D eigenvalue weighted by molar-refractivity contribution is 0.100. The first kappa shape index (κ1) is 22.8. The second-order valence-electron chi connectivity index (χ2n) is 7.18. The van der Waals surface area contributed by atoms with Crippen molar-refractivity contribution in [3.8, 4) is 11.5 Å². The Morgan fingerprint density at radius 1 is 0.941 bits per heavy atom. The van der Waals surface area contributed by atoms with E-state index < -0.39 is 21.8 Å². The van der Waals surface area contributed by atoms with Crippen LogP contribution in [0.5, 0.6) is 11.5 Å². The molecule has 0 bridgehead atoms. The first-order chi connectivity index (χ1) is 16.2. The van der Waals surface area contributed by atoms with Crippen molar-refractivity contribution in [2.75, 3.05) is 24.9 Å². The minimum atomic E-state index is -3.75. The maximum absolute atomic E-state index is 12.8. The molecule has 174 valence electrons. The molecular formula is C23H20N4O6S. The van der Waals surface area contributed by atoms with Gasteiger partial charge < -0.3 is 25.8 Å². The quantitative estimate of drug-likeness (QED) is 0.491. The summed E-state index contributed by atoms with van der Waals surface area (Å²) in [5.74, 6) is -0.432. The Hall–Kier alpha value is -4.38. The van der Waals surface area contributed by atoms with Gasteiger partial charge in [0.2, 0.25) is 0 Å². The van der Waals surface area contributed by atoms with E-state index in [1.807, 2.05) is 0 Å². The number of amidine groups is 1. The highest BCUT2D eigenvalue weighted by Crippen LogP contribution is 2.33. The fourth-order valence-corrected chi connectivity index (χ4v) is 4.59. The van der Waals surface area contributed by atoms with E-state index in [1.54, 1.807) is 30.3 Å². The highest BCUT2D eigenvalue weighted by atomic mass is 32.2. The number of ether oxygens (including phenoxy) is 2. The molecule has 0 atom stereocenters. The van der Waals surface area contributed by atoms with Gasteiger partial charge in [0.1, 0.15) is 4.90 Å². The molecule has 0 aliphatic carbocycles. The number of carbonyl (C=O) groups is 2. The van der Waals surface area contributed by atoms with Crippen LogP contribution in [0.25, 0.3) is 0 Å². The van der Waals surface area contributed by atoms with Crippen LogP contribution in [0, 0.1) is 0 Å². The number of primary amides is 1. The summed E-state index contributed by atoms with van der Waals surface area (Å²) in [5.41, 5.74) is 6.96. The van der Waals surface area contributed by atoms with Crippen LogP contribution in [0.1, 0.15) is 26.3 Å². The van der Waals surface area contributed by atoms with Gasteiger partial charge in [-0.2, -0.15) is 8.42 Å². The van der Waals surface area contributed by atoms with Crippen LogP contribution < -0.4 is 25.8 Å². The van der Waals surface area contributed by atoms with E-state index in [0.29, 0.717) is 22.7 Å². The largest absolute Gasteiger partial charge is 0.493 e.